The maximum atomic E-state index is 12.5. The quantitative estimate of drug-likeness (QED) is 0.645. The third-order valence-electron chi connectivity index (χ3n) is 4.23. The molecule has 0 saturated heterocycles. The molecule has 0 fully saturated rings. The minimum atomic E-state index is -3.55. The summed E-state index contributed by atoms with van der Waals surface area (Å²) in [6, 6.07) is 11.4. The fraction of sp³-hybridized carbons (Fsp3) is 0.350. The van der Waals surface area contributed by atoms with Crippen LogP contribution >= 0.6 is 0 Å². The Morgan fingerprint density at radius 1 is 1.04 bits per heavy atom. The minimum Gasteiger partial charge on any atom is -0.496 e. The molecule has 2 aromatic rings. The lowest BCUT2D eigenvalue weighted by Gasteiger charge is -2.18. The molecule has 0 heterocycles. The van der Waals surface area contributed by atoms with E-state index in [9.17, 15) is 13.2 Å². The summed E-state index contributed by atoms with van der Waals surface area (Å²) < 4.78 is 37.0. The van der Waals surface area contributed by atoms with Gasteiger partial charge in [-0.25, -0.2) is 13.2 Å². The van der Waals surface area contributed by atoms with Gasteiger partial charge >= 0.3 is 5.97 Å². The van der Waals surface area contributed by atoms with Crippen LogP contribution in [-0.2, 0) is 21.4 Å². The molecule has 0 atom stereocenters. The molecule has 6 nitrogen and oxygen atoms in total. The maximum Gasteiger partial charge on any atom is 0.338 e. The van der Waals surface area contributed by atoms with Crippen LogP contribution in [0.5, 0.6) is 5.75 Å². The van der Waals surface area contributed by atoms with Crippen molar-refractivity contribution >= 4 is 16.0 Å². The lowest BCUT2D eigenvalue weighted by atomic mass is 10.1. The van der Waals surface area contributed by atoms with Gasteiger partial charge in [-0.05, 0) is 43.3 Å². The molecule has 0 aliphatic carbocycles. The summed E-state index contributed by atoms with van der Waals surface area (Å²) in [5.41, 5.74) is 2.10. The van der Waals surface area contributed by atoms with Gasteiger partial charge in [-0.3, -0.25) is 0 Å². The highest BCUT2D eigenvalue weighted by molar-refractivity contribution is 7.89. The average Bonchev–Trinajstić information content (AvgIpc) is 2.67. The second-order valence-corrected chi connectivity index (χ2v) is 7.94. The van der Waals surface area contributed by atoms with E-state index in [4.69, 9.17) is 9.47 Å². The molecule has 0 saturated carbocycles. The summed E-state index contributed by atoms with van der Waals surface area (Å²) in [6.45, 7) is 6.36. The van der Waals surface area contributed by atoms with Crippen LogP contribution in [0.25, 0.3) is 0 Å². The number of carbonyl (C=O) groups is 1. The number of carbonyl (C=O) groups excluding carboxylic acids is 1. The molecule has 0 unspecified atom stereocenters. The number of sulfonamides is 1. The third kappa shape index (κ3) is 4.87. The van der Waals surface area contributed by atoms with Crippen LogP contribution in [0.3, 0.4) is 0 Å². The first-order valence-corrected chi connectivity index (χ1v) is 10.2. The smallest absolute Gasteiger partial charge is 0.338 e. The first kappa shape index (κ1) is 20.9. The molecule has 146 valence electrons. The Kier molecular flexibility index (Phi) is 6.98. The molecule has 0 aromatic heterocycles. The van der Waals surface area contributed by atoms with Crippen molar-refractivity contribution in [1.82, 2.24) is 4.31 Å². The van der Waals surface area contributed by atoms with Crippen LogP contribution in [0.4, 0.5) is 0 Å². The van der Waals surface area contributed by atoms with Crippen molar-refractivity contribution in [1.29, 1.82) is 0 Å². The summed E-state index contributed by atoms with van der Waals surface area (Å²) >= 11 is 0. The van der Waals surface area contributed by atoms with Crippen molar-refractivity contribution in [3.8, 4) is 5.75 Å². The van der Waals surface area contributed by atoms with Crippen molar-refractivity contribution in [3.05, 3.63) is 59.2 Å². The fourth-order valence-electron chi connectivity index (χ4n) is 2.72. The molecule has 2 aromatic carbocycles. The highest BCUT2D eigenvalue weighted by atomic mass is 32.2. The lowest BCUT2D eigenvalue weighted by Crippen LogP contribution is -2.30. The number of rotatable bonds is 8. The summed E-state index contributed by atoms with van der Waals surface area (Å²) in [5, 5.41) is 0. The number of aryl methyl sites for hydroxylation is 1. The number of hydrogen-bond acceptors (Lipinski definition) is 5. The van der Waals surface area contributed by atoms with Gasteiger partial charge in [0.2, 0.25) is 10.0 Å². The highest BCUT2D eigenvalue weighted by Crippen LogP contribution is 2.21. The van der Waals surface area contributed by atoms with Gasteiger partial charge in [0.1, 0.15) is 12.4 Å². The van der Waals surface area contributed by atoms with Gasteiger partial charge in [-0.2, -0.15) is 4.31 Å². The van der Waals surface area contributed by atoms with Crippen LogP contribution in [-0.4, -0.2) is 38.9 Å². The van der Waals surface area contributed by atoms with Crippen LogP contribution in [0.2, 0.25) is 0 Å². The molecule has 0 radical (unpaired) electrons. The molecule has 0 bridgehead atoms. The van der Waals surface area contributed by atoms with Crippen LogP contribution in [0.15, 0.2) is 47.4 Å². The summed E-state index contributed by atoms with van der Waals surface area (Å²) in [6.07, 6.45) is 0. The van der Waals surface area contributed by atoms with E-state index in [1.165, 1.54) is 28.6 Å². The van der Waals surface area contributed by atoms with E-state index < -0.39 is 16.0 Å². The Bertz CT molecular complexity index is 887. The van der Waals surface area contributed by atoms with Gasteiger partial charge in [0.25, 0.3) is 0 Å². The Labute approximate surface area is 160 Å². The largest absolute Gasteiger partial charge is 0.496 e. The summed E-state index contributed by atoms with van der Waals surface area (Å²) in [5.74, 6) is 0.124. The van der Waals surface area contributed by atoms with Gasteiger partial charge in [0.15, 0.2) is 0 Å². The van der Waals surface area contributed by atoms with E-state index in [1.54, 1.807) is 21.0 Å². The zero-order valence-electron chi connectivity index (χ0n) is 16.1. The number of nitrogens with zero attached hydrogens (tertiary/aromatic N) is 1. The van der Waals surface area contributed by atoms with E-state index in [0.717, 1.165) is 11.1 Å². The van der Waals surface area contributed by atoms with E-state index >= 15 is 0 Å². The Morgan fingerprint density at radius 3 is 2.22 bits per heavy atom. The molecule has 0 aliphatic heterocycles. The molecule has 7 heteroatoms. The Morgan fingerprint density at radius 2 is 1.67 bits per heavy atom. The van der Waals surface area contributed by atoms with E-state index in [2.05, 4.69) is 0 Å². The summed E-state index contributed by atoms with van der Waals surface area (Å²) in [4.78, 5) is 12.4. The van der Waals surface area contributed by atoms with Crippen molar-refractivity contribution in [3.63, 3.8) is 0 Å². The number of methoxy groups -OCH3 is 1. The van der Waals surface area contributed by atoms with Crippen LogP contribution in [0.1, 0.15) is 35.3 Å². The SMILES string of the molecule is CCN(CC)S(=O)(=O)c1ccc(C(=O)OCc2cc(C)ccc2OC)cc1. The zero-order chi connectivity index (χ0) is 20.0. The molecule has 0 spiro atoms. The van der Waals surface area contributed by atoms with Crippen LogP contribution in [0, 0.1) is 6.92 Å². The van der Waals surface area contributed by atoms with Crippen molar-refractivity contribution in [2.45, 2.75) is 32.3 Å². The standard InChI is InChI=1S/C20H25NO5S/c1-5-21(6-2)27(23,24)18-10-8-16(9-11-18)20(22)26-14-17-13-15(3)7-12-19(17)25-4/h7-13H,5-6,14H2,1-4H3. The molecular weight excluding hydrogens is 366 g/mol. The first-order chi connectivity index (χ1) is 12.8. The molecule has 2 rings (SSSR count). The van der Waals surface area contributed by atoms with Gasteiger partial charge in [-0.15, -0.1) is 0 Å². The Balaban J connectivity index is 2.11. The predicted octanol–water partition coefficient (Wildman–Crippen LogP) is 3.39. The van der Waals surface area contributed by atoms with E-state index in [1.807, 2.05) is 25.1 Å². The number of hydrogen-bond donors (Lipinski definition) is 0. The second-order valence-electron chi connectivity index (χ2n) is 6.01. The number of benzene rings is 2. The highest BCUT2D eigenvalue weighted by Gasteiger charge is 2.22. The molecule has 0 N–H and O–H groups in total. The normalized spacial score (nSPS) is 11.4. The second kappa shape index (κ2) is 9.01. The minimum absolute atomic E-state index is 0.0726. The van der Waals surface area contributed by atoms with Gasteiger partial charge < -0.3 is 9.47 Å². The lowest BCUT2D eigenvalue weighted by molar-refractivity contribution is 0.0470. The summed E-state index contributed by atoms with van der Waals surface area (Å²) in [7, 11) is -1.99. The van der Waals surface area contributed by atoms with E-state index in [-0.39, 0.29) is 11.5 Å². The average molecular weight is 391 g/mol. The van der Waals surface area contributed by atoms with Crippen molar-refractivity contribution in [2.24, 2.45) is 0 Å². The van der Waals surface area contributed by atoms with Gasteiger partial charge in [0, 0.05) is 18.7 Å². The maximum absolute atomic E-state index is 12.5. The van der Waals surface area contributed by atoms with Gasteiger partial charge in [-0.1, -0.05) is 25.5 Å². The topological polar surface area (TPSA) is 72.9 Å². The monoisotopic (exact) mass is 391 g/mol. The third-order valence-corrected chi connectivity index (χ3v) is 6.29. The predicted molar refractivity (Wildman–Crippen MR) is 103 cm³/mol. The number of esters is 1. The zero-order valence-corrected chi connectivity index (χ0v) is 16.9. The molecule has 0 amide bonds. The molecule has 27 heavy (non-hydrogen) atoms. The molecular formula is C20H25NO5S. The first-order valence-electron chi connectivity index (χ1n) is 8.74. The van der Waals surface area contributed by atoms with Crippen molar-refractivity contribution in [2.75, 3.05) is 20.2 Å². The fourth-order valence-corrected chi connectivity index (χ4v) is 4.18. The Hall–Kier alpha value is -2.38. The van der Waals surface area contributed by atoms with Gasteiger partial charge in [0.05, 0.1) is 17.6 Å². The van der Waals surface area contributed by atoms with Crippen molar-refractivity contribution < 1.29 is 22.7 Å². The van der Waals surface area contributed by atoms with Crippen LogP contribution < -0.4 is 4.74 Å². The number of ether oxygens (including phenoxy) is 2. The van der Waals surface area contributed by atoms with E-state index in [0.29, 0.717) is 24.4 Å². The molecule has 0 aliphatic rings.